The van der Waals surface area contributed by atoms with Crippen LogP contribution in [0.1, 0.15) is 18.9 Å². The molecule has 0 heterocycles. The van der Waals surface area contributed by atoms with Gasteiger partial charge in [-0.1, -0.05) is 29.8 Å². The van der Waals surface area contributed by atoms with Gasteiger partial charge in [-0.25, -0.2) is 0 Å². The van der Waals surface area contributed by atoms with E-state index in [1.165, 1.54) is 0 Å². The largest absolute Gasteiger partial charge is 0.326 e. The first kappa shape index (κ1) is 17.5. The minimum absolute atomic E-state index is 0.0154. The van der Waals surface area contributed by atoms with E-state index in [-0.39, 0.29) is 23.7 Å². The molecule has 0 spiro atoms. The zero-order valence-corrected chi connectivity index (χ0v) is 15.1. The summed E-state index contributed by atoms with van der Waals surface area (Å²) in [5.74, 6) is -0.595. The highest BCUT2D eigenvalue weighted by atomic mass is 35.5. The summed E-state index contributed by atoms with van der Waals surface area (Å²) in [6, 6.07) is 14.9. The molecule has 1 aliphatic carbocycles. The summed E-state index contributed by atoms with van der Waals surface area (Å²) < 4.78 is 0. The van der Waals surface area contributed by atoms with Crippen molar-refractivity contribution in [2.75, 3.05) is 16.8 Å². The van der Waals surface area contributed by atoms with Crippen molar-refractivity contribution in [2.24, 2.45) is 11.8 Å². The van der Waals surface area contributed by atoms with E-state index < -0.39 is 0 Å². The van der Waals surface area contributed by atoms with Crippen LogP contribution in [-0.4, -0.2) is 18.4 Å². The van der Waals surface area contributed by atoms with Crippen LogP contribution in [0.15, 0.2) is 48.5 Å². The smallest absolute Gasteiger partial charge is 0.230 e. The van der Waals surface area contributed by atoms with Crippen molar-refractivity contribution in [1.29, 1.82) is 0 Å². The van der Waals surface area contributed by atoms with Crippen molar-refractivity contribution in [1.82, 2.24) is 0 Å². The van der Waals surface area contributed by atoms with E-state index in [2.05, 4.69) is 5.32 Å². The van der Waals surface area contributed by atoms with Crippen LogP contribution in [0, 0.1) is 18.8 Å². The van der Waals surface area contributed by atoms with Gasteiger partial charge in [0, 0.05) is 22.9 Å². The second-order valence-electron chi connectivity index (χ2n) is 6.32. The maximum atomic E-state index is 12.7. The number of nitrogens with zero attached hydrogens (tertiary/aromatic N) is 1. The Hall–Kier alpha value is -2.33. The molecule has 1 fully saturated rings. The quantitative estimate of drug-likeness (QED) is 0.869. The molecule has 0 bridgehead atoms. The third-order valence-electron chi connectivity index (χ3n) is 4.54. The molecule has 2 aromatic rings. The average Bonchev–Trinajstić information content (AvgIpc) is 3.40. The van der Waals surface area contributed by atoms with E-state index in [1.54, 1.807) is 23.1 Å². The molecule has 3 rings (SSSR count). The van der Waals surface area contributed by atoms with Crippen LogP contribution < -0.4 is 10.2 Å². The number of aryl methyl sites for hydroxylation is 1. The normalized spacial score (nSPS) is 18.5. The Morgan fingerprint density at radius 3 is 2.52 bits per heavy atom. The molecular weight excluding hydrogens is 336 g/mol. The first-order chi connectivity index (χ1) is 12.0. The Morgan fingerprint density at radius 1 is 1.16 bits per heavy atom. The van der Waals surface area contributed by atoms with Gasteiger partial charge in [-0.15, -0.1) is 0 Å². The van der Waals surface area contributed by atoms with Crippen LogP contribution in [0.4, 0.5) is 11.4 Å². The Balaban J connectivity index is 1.65. The van der Waals surface area contributed by atoms with Crippen molar-refractivity contribution in [3.63, 3.8) is 0 Å². The lowest BCUT2D eigenvalue weighted by Crippen LogP contribution is -2.33. The number of carbonyl (C=O) groups is 2. The fraction of sp³-hybridized carbons (Fsp3) is 0.300. The number of amides is 2. The maximum Gasteiger partial charge on any atom is 0.230 e. The van der Waals surface area contributed by atoms with E-state index in [1.807, 2.05) is 44.2 Å². The fourth-order valence-electron chi connectivity index (χ4n) is 3.02. The predicted molar refractivity (Wildman–Crippen MR) is 101 cm³/mol. The average molecular weight is 357 g/mol. The summed E-state index contributed by atoms with van der Waals surface area (Å²) >= 11 is 5.94. The van der Waals surface area contributed by atoms with Gasteiger partial charge < -0.3 is 10.2 Å². The van der Waals surface area contributed by atoms with Gasteiger partial charge in [-0.3, -0.25) is 9.59 Å². The first-order valence-electron chi connectivity index (χ1n) is 8.44. The number of nitrogens with one attached hydrogen (secondary N) is 1. The number of hydrogen-bond acceptors (Lipinski definition) is 2. The zero-order valence-electron chi connectivity index (χ0n) is 14.3. The minimum Gasteiger partial charge on any atom is -0.326 e. The number of anilines is 2. The van der Waals surface area contributed by atoms with Crippen LogP contribution in [-0.2, 0) is 9.59 Å². The number of carbonyl (C=O) groups excluding carboxylic acids is 2. The maximum absolute atomic E-state index is 12.7. The molecule has 0 aliphatic heterocycles. The van der Waals surface area contributed by atoms with E-state index in [0.717, 1.165) is 16.9 Å². The molecule has 2 atom stereocenters. The highest BCUT2D eigenvalue weighted by molar-refractivity contribution is 6.30. The fourth-order valence-corrected chi connectivity index (χ4v) is 3.25. The van der Waals surface area contributed by atoms with Gasteiger partial charge in [0.15, 0.2) is 0 Å². The van der Waals surface area contributed by atoms with Gasteiger partial charge in [-0.2, -0.15) is 0 Å². The van der Waals surface area contributed by atoms with Crippen molar-refractivity contribution in [3.8, 4) is 0 Å². The summed E-state index contributed by atoms with van der Waals surface area (Å²) in [4.78, 5) is 26.9. The lowest BCUT2D eigenvalue weighted by Gasteiger charge is -2.21. The summed E-state index contributed by atoms with van der Waals surface area (Å²) in [5, 5.41) is 3.55. The van der Waals surface area contributed by atoms with Crippen molar-refractivity contribution in [2.45, 2.75) is 20.3 Å². The zero-order chi connectivity index (χ0) is 18.0. The minimum atomic E-state index is -0.264. The van der Waals surface area contributed by atoms with Crippen molar-refractivity contribution >= 4 is 34.8 Å². The van der Waals surface area contributed by atoms with Crippen LogP contribution in [0.25, 0.3) is 0 Å². The molecule has 1 N–H and O–H groups in total. The predicted octanol–water partition coefficient (Wildman–Crippen LogP) is 4.28. The third kappa shape index (κ3) is 3.85. The molecule has 2 unspecified atom stereocenters. The van der Waals surface area contributed by atoms with E-state index >= 15 is 0 Å². The molecule has 0 radical (unpaired) electrons. The third-order valence-corrected chi connectivity index (χ3v) is 4.78. The summed E-state index contributed by atoms with van der Waals surface area (Å²) in [6.45, 7) is 4.43. The molecule has 0 aromatic heterocycles. The van der Waals surface area contributed by atoms with E-state index in [4.69, 9.17) is 11.6 Å². The van der Waals surface area contributed by atoms with Crippen LogP contribution in [0.5, 0.6) is 0 Å². The van der Waals surface area contributed by atoms with Gasteiger partial charge in [0.2, 0.25) is 11.8 Å². The number of rotatable bonds is 5. The summed E-state index contributed by atoms with van der Waals surface area (Å²) in [6.07, 6.45) is 0.598. The Bertz CT molecular complexity index is 792. The lowest BCUT2D eigenvalue weighted by atomic mass is 10.2. The van der Waals surface area contributed by atoms with E-state index in [0.29, 0.717) is 18.0 Å². The SMILES string of the molecule is CCN(C(=O)C1CC1C(=O)Nc1ccc(Cl)cc1C)c1ccccc1. The van der Waals surface area contributed by atoms with E-state index in [9.17, 15) is 9.59 Å². The molecule has 2 aromatic carbocycles. The molecule has 25 heavy (non-hydrogen) atoms. The molecular formula is C20H21ClN2O2. The van der Waals surface area contributed by atoms with Crippen molar-refractivity contribution in [3.05, 3.63) is 59.1 Å². The first-order valence-corrected chi connectivity index (χ1v) is 8.82. The lowest BCUT2D eigenvalue weighted by molar-refractivity contribution is -0.123. The molecule has 0 saturated heterocycles. The molecule has 2 amide bonds. The number of halogens is 1. The standard InChI is InChI=1S/C20H21ClN2O2/c1-3-23(15-7-5-4-6-8-15)20(25)17-12-16(17)19(24)22-18-10-9-14(21)11-13(18)2/h4-11,16-17H,3,12H2,1-2H3,(H,22,24). The van der Waals surface area contributed by atoms with Crippen LogP contribution in [0.2, 0.25) is 5.02 Å². The van der Waals surface area contributed by atoms with Gasteiger partial charge in [0.25, 0.3) is 0 Å². The van der Waals surface area contributed by atoms with Gasteiger partial charge in [0.1, 0.15) is 0 Å². The van der Waals surface area contributed by atoms with Crippen LogP contribution >= 0.6 is 11.6 Å². The van der Waals surface area contributed by atoms with Gasteiger partial charge >= 0.3 is 0 Å². The molecule has 5 heteroatoms. The van der Waals surface area contributed by atoms with Gasteiger partial charge in [0.05, 0.1) is 11.8 Å². The number of para-hydroxylation sites is 1. The highest BCUT2D eigenvalue weighted by Crippen LogP contribution is 2.41. The molecule has 1 saturated carbocycles. The number of hydrogen-bond donors (Lipinski definition) is 1. The summed E-state index contributed by atoms with van der Waals surface area (Å²) in [5.41, 5.74) is 2.52. The second-order valence-corrected chi connectivity index (χ2v) is 6.75. The number of benzene rings is 2. The molecule has 1 aliphatic rings. The van der Waals surface area contributed by atoms with Crippen molar-refractivity contribution < 1.29 is 9.59 Å². The molecule has 130 valence electrons. The summed E-state index contributed by atoms with van der Waals surface area (Å²) in [7, 11) is 0. The monoisotopic (exact) mass is 356 g/mol. The Labute approximate surface area is 152 Å². The van der Waals surface area contributed by atoms with Crippen LogP contribution in [0.3, 0.4) is 0 Å². The topological polar surface area (TPSA) is 49.4 Å². The Kier molecular flexibility index (Phi) is 5.09. The molecule has 4 nitrogen and oxygen atoms in total. The Morgan fingerprint density at radius 2 is 1.88 bits per heavy atom. The second kappa shape index (κ2) is 7.28. The van der Waals surface area contributed by atoms with Gasteiger partial charge in [-0.05, 0) is 56.2 Å². The highest BCUT2D eigenvalue weighted by Gasteiger charge is 2.49.